The molecule has 1 aliphatic heterocycles. The summed E-state index contributed by atoms with van der Waals surface area (Å²) in [5.41, 5.74) is 0.581. The Balaban J connectivity index is 0.00000264. The second kappa shape index (κ2) is 10.5. The maximum Gasteiger partial charge on any atom is 0.338 e. The van der Waals surface area contributed by atoms with Crippen molar-refractivity contribution in [2.45, 2.75) is 45.6 Å². The van der Waals surface area contributed by atoms with Gasteiger partial charge in [-0.1, -0.05) is 6.92 Å². The summed E-state index contributed by atoms with van der Waals surface area (Å²) in [6, 6.07) is 7.65. The SMILES string of the molecule is CCCOc1ccc(C(=O)OCCC(C)N2CCCC2)cc1.Cl. The van der Waals surface area contributed by atoms with Crippen molar-refractivity contribution in [1.29, 1.82) is 0 Å². The van der Waals surface area contributed by atoms with Gasteiger partial charge in [-0.3, -0.25) is 0 Å². The minimum Gasteiger partial charge on any atom is -0.494 e. The first-order chi connectivity index (χ1) is 10.7. The number of likely N-dealkylation sites (tertiary alicyclic amines) is 1. The van der Waals surface area contributed by atoms with E-state index >= 15 is 0 Å². The zero-order valence-corrected chi connectivity index (χ0v) is 14.9. The van der Waals surface area contributed by atoms with Gasteiger partial charge in [-0.15, -0.1) is 12.4 Å². The Hall–Kier alpha value is -1.26. The summed E-state index contributed by atoms with van der Waals surface area (Å²) in [5, 5.41) is 0. The lowest BCUT2D eigenvalue weighted by Crippen LogP contribution is -2.31. The summed E-state index contributed by atoms with van der Waals surface area (Å²) in [5.74, 6) is 0.539. The van der Waals surface area contributed by atoms with Crippen molar-refractivity contribution in [1.82, 2.24) is 4.90 Å². The van der Waals surface area contributed by atoms with Crippen LogP contribution in [-0.2, 0) is 4.74 Å². The number of carbonyl (C=O) groups excluding carboxylic acids is 1. The molecule has 1 aromatic carbocycles. The van der Waals surface area contributed by atoms with Gasteiger partial charge < -0.3 is 14.4 Å². The van der Waals surface area contributed by atoms with Gasteiger partial charge in [0.25, 0.3) is 0 Å². The molecule has 0 N–H and O–H groups in total. The summed E-state index contributed by atoms with van der Waals surface area (Å²) in [4.78, 5) is 14.5. The molecule has 1 aliphatic rings. The third kappa shape index (κ3) is 6.40. The molecule has 1 saturated heterocycles. The lowest BCUT2D eigenvalue weighted by Gasteiger charge is -2.23. The number of carbonyl (C=O) groups is 1. The third-order valence-corrected chi connectivity index (χ3v) is 4.10. The first-order valence-corrected chi connectivity index (χ1v) is 8.34. The topological polar surface area (TPSA) is 38.8 Å². The summed E-state index contributed by atoms with van der Waals surface area (Å²) < 4.78 is 10.9. The number of esters is 1. The molecule has 1 atom stereocenters. The average molecular weight is 342 g/mol. The molecule has 23 heavy (non-hydrogen) atoms. The average Bonchev–Trinajstić information content (AvgIpc) is 3.07. The number of nitrogens with zero attached hydrogens (tertiary/aromatic N) is 1. The molecule has 0 bridgehead atoms. The van der Waals surface area contributed by atoms with Crippen LogP contribution in [0.15, 0.2) is 24.3 Å². The molecule has 1 aromatic rings. The van der Waals surface area contributed by atoms with Crippen LogP contribution in [0.25, 0.3) is 0 Å². The molecular formula is C18H28ClNO3. The van der Waals surface area contributed by atoms with Crippen molar-refractivity contribution in [3.63, 3.8) is 0 Å². The summed E-state index contributed by atoms with van der Waals surface area (Å²) in [6.07, 6.45) is 4.44. The largest absolute Gasteiger partial charge is 0.494 e. The van der Waals surface area contributed by atoms with Crippen molar-refractivity contribution in [3.05, 3.63) is 29.8 Å². The monoisotopic (exact) mass is 341 g/mol. The molecular weight excluding hydrogens is 314 g/mol. The Kier molecular flexibility index (Phi) is 9.03. The minimum atomic E-state index is -0.254. The van der Waals surface area contributed by atoms with Crippen molar-refractivity contribution < 1.29 is 14.3 Å². The van der Waals surface area contributed by atoms with Gasteiger partial charge in [0, 0.05) is 6.04 Å². The van der Waals surface area contributed by atoms with Crippen LogP contribution in [0.3, 0.4) is 0 Å². The molecule has 1 fully saturated rings. The minimum absolute atomic E-state index is 0. The number of ether oxygens (including phenoxy) is 2. The quantitative estimate of drug-likeness (QED) is 0.671. The van der Waals surface area contributed by atoms with Crippen LogP contribution >= 0.6 is 12.4 Å². The molecule has 0 saturated carbocycles. The highest BCUT2D eigenvalue weighted by Crippen LogP contribution is 2.15. The zero-order chi connectivity index (χ0) is 15.8. The van der Waals surface area contributed by atoms with Crippen LogP contribution in [0.1, 0.15) is 49.9 Å². The normalized spacial score (nSPS) is 15.7. The predicted octanol–water partition coefficient (Wildman–Crippen LogP) is 3.93. The fourth-order valence-electron chi connectivity index (χ4n) is 2.68. The molecule has 0 radical (unpaired) electrons. The highest BCUT2D eigenvalue weighted by Gasteiger charge is 2.18. The molecule has 4 nitrogen and oxygen atoms in total. The van der Waals surface area contributed by atoms with Crippen molar-refractivity contribution >= 4 is 18.4 Å². The standard InChI is InChI=1S/C18H27NO3.ClH/c1-3-13-21-17-8-6-16(7-9-17)18(20)22-14-10-15(2)19-11-4-5-12-19;/h6-9,15H,3-5,10-14H2,1-2H3;1H. The highest BCUT2D eigenvalue weighted by molar-refractivity contribution is 5.89. The van der Waals surface area contributed by atoms with Gasteiger partial charge in [-0.25, -0.2) is 4.79 Å². The van der Waals surface area contributed by atoms with Crippen LogP contribution in [-0.4, -0.2) is 43.2 Å². The van der Waals surface area contributed by atoms with E-state index < -0.39 is 0 Å². The van der Waals surface area contributed by atoms with E-state index in [0.29, 0.717) is 24.8 Å². The Labute approximate surface area is 145 Å². The van der Waals surface area contributed by atoms with Gasteiger partial charge in [0.05, 0.1) is 18.8 Å². The fourth-order valence-corrected chi connectivity index (χ4v) is 2.68. The van der Waals surface area contributed by atoms with E-state index in [1.807, 2.05) is 12.1 Å². The molecule has 1 unspecified atom stereocenters. The lowest BCUT2D eigenvalue weighted by molar-refractivity contribution is 0.0470. The molecule has 0 aromatic heterocycles. The number of benzene rings is 1. The Morgan fingerprint density at radius 1 is 1.17 bits per heavy atom. The first kappa shape index (κ1) is 19.8. The Bertz CT molecular complexity index is 458. The van der Waals surface area contributed by atoms with Gasteiger partial charge >= 0.3 is 5.97 Å². The van der Waals surface area contributed by atoms with Crippen LogP contribution in [0.5, 0.6) is 5.75 Å². The fraction of sp³-hybridized carbons (Fsp3) is 0.611. The van der Waals surface area contributed by atoms with Crippen LogP contribution in [0.2, 0.25) is 0 Å². The first-order valence-electron chi connectivity index (χ1n) is 8.34. The molecule has 130 valence electrons. The third-order valence-electron chi connectivity index (χ3n) is 4.10. The molecule has 2 rings (SSSR count). The van der Waals surface area contributed by atoms with Crippen LogP contribution in [0, 0.1) is 0 Å². The Morgan fingerprint density at radius 2 is 1.83 bits per heavy atom. The molecule has 0 aliphatic carbocycles. The molecule has 0 spiro atoms. The summed E-state index contributed by atoms with van der Waals surface area (Å²) in [7, 11) is 0. The van der Waals surface area contributed by atoms with Gasteiger partial charge in [0.15, 0.2) is 0 Å². The van der Waals surface area contributed by atoms with E-state index in [0.717, 1.165) is 18.6 Å². The second-order valence-corrected chi connectivity index (χ2v) is 5.89. The van der Waals surface area contributed by atoms with E-state index in [9.17, 15) is 4.79 Å². The van der Waals surface area contributed by atoms with E-state index in [4.69, 9.17) is 9.47 Å². The highest BCUT2D eigenvalue weighted by atomic mass is 35.5. The predicted molar refractivity (Wildman–Crippen MR) is 94.6 cm³/mol. The van der Waals surface area contributed by atoms with E-state index in [1.165, 1.54) is 25.9 Å². The van der Waals surface area contributed by atoms with Gasteiger partial charge in [0.1, 0.15) is 5.75 Å². The molecule has 0 amide bonds. The van der Waals surface area contributed by atoms with Gasteiger partial charge in [0.2, 0.25) is 0 Å². The van der Waals surface area contributed by atoms with Crippen molar-refractivity contribution in [2.75, 3.05) is 26.3 Å². The van der Waals surface area contributed by atoms with Crippen molar-refractivity contribution in [3.8, 4) is 5.75 Å². The maximum atomic E-state index is 12.0. The summed E-state index contributed by atoms with van der Waals surface area (Å²) in [6.45, 7) is 7.79. The van der Waals surface area contributed by atoms with E-state index in [-0.39, 0.29) is 18.4 Å². The second-order valence-electron chi connectivity index (χ2n) is 5.89. The van der Waals surface area contributed by atoms with Crippen LogP contribution < -0.4 is 4.74 Å². The van der Waals surface area contributed by atoms with E-state index in [2.05, 4.69) is 18.7 Å². The van der Waals surface area contributed by atoms with Crippen molar-refractivity contribution in [2.24, 2.45) is 0 Å². The number of hydrogen-bond donors (Lipinski definition) is 0. The smallest absolute Gasteiger partial charge is 0.338 e. The van der Waals surface area contributed by atoms with Crippen LogP contribution in [0.4, 0.5) is 0 Å². The van der Waals surface area contributed by atoms with Gasteiger partial charge in [-0.2, -0.15) is 0 Å². The molecule has 5 heteroatoms. The lowest BCUT2D eigenvalue weighted by atomic mass is 10.2. The van der Waals surface area contributed by atoms with E-state index in [1.54, 1.807) is 12.1 Å². The molecule has 1 heterocycles. The number of halogens is 1. The number of hydrogen-bond acceptors (Lipinski definition) is 4. The Morgan fingerprint density at radius 3 is 2.43 bits per heavy atom. The number of rotatable bonds is 8. The maximum absolute atomic E-state index is 12.0. The zero-order valence-electron chi connectivity index (χ0n) is 14.1. The summed E-state index contributed by atoms with van der Waals surface area (Å²) >= 11 is 0. The van der Waals surface area contributed by atoms with Gasteiger partial charge in [-0.05, 0) is 70.0 Å².